The number of aromatic nitrogens is 2. The fourth-order valence-electron chi connectivity index (χ4n) is 1.78. The van der Waals surface area contributed by atoms with E-state index < -0.39 is 0 Å². The summed E-state index contributed by atoms with van der Waals surface area (Å²) >= 11 is 0. The van der Waals surface area contributed by atoms with Gasteiger partial charge in [-0.05, 0) is 37.6 Å². The summed E-state index contributed by atoms with van der Waals surface area (Å²) in [6.07, 6.45) is 1.15. The Balaban J connectivity index is 2.54. The van der Waals surface area contributed by atoms with E-state index in [0.29, 0.717) is 29.3 Å². The Bertz CT molecular complexity index is 629. The predicted molar refractivity (Wildman–Crippen MR) is 71.0 cm³/mol. The van der Waals surface area contributed by atoms with Crippen LogP contribution in [0.3, 0.4) is 0 Å². The smallest absolute Gasteiger partial charge is 0.144 e. The van der Waals surface area contributed by atoms with Gasteiger partial charge in [-0.3, -0.25) is 4.98 Å². The molecule has 2 rings (SSSR count). The van der Waals surface area contributed by atoms with Crippen LogP contribution in [-0.4, -0.2) is 16.5 Å². The molecule has 4 nitrogen and oxygen atoms in total. The first kappa shape index (κ1) is 13.0. The normalized spacial score (nSPS) is 10.0. The third-order valence-electron chi connectivity index (χ3n) is 2.65. The van der Waals surface area contributed by atoms with Crippen LogP contribution in [0.5, 0.6) is 0 Å². The fourth-order valence-corrected chi connectivity index (χ4v) is 1.78. The third-order valence-corrected chi connectivity index (χ3v) is 2.65. The maximum atomic E-state index is 12.9. The predicted octanol–water partition coefficient (Wildman–Crippen LogP) is 2.89. The number of aryl methyl sites for hydroxylation is 1. The molecule has 0 bridgehead atoms. The minimum atomic E-state index is -0.387. The summed E-state index contributed by atoms with van der Waals surface area (Å²) in [5.74, 6) is 0.138. The molecule has 0 saturated carbocycles. The van der Waals surface area contributed by atoms with Gasteiger partial charge in [-0.1, -0.05) is 0 Å². The summed E-state index contributed by atoms with van der Waals surface area (Å²) in [6.45, 7) is 4.45. The molecule has 0 unspecified atom stereocenters. The van der Waals surface area contributed by atoms with Crippen molar-refractivity contribution in [3.63, 3.8) is 0 Å². The Labute approximate surface area is 110 Å². The van der Waals surface area contributed by atoms with Gasteiger partial charge in [0.2, 0.25) is 0 Å². The zero-order valence-corrected chi connectivity index (χ0v) is 10.7. The standard InChI is InChI=1S/C14H13FN4/c1-3-17-14-10(7-16)6-9(2)13(19-14)12-5-4-11(15)8-18-12/h4-6,8H,3H2,1-2H3,(H,17,19). The fraction of sp³-hybridized carbons (Fsp3) is 0.214. The average molecular weight is 256 g/mol. The second kappa shape index (κ2) is 5.44. The zero-order valence-electron chi connectivity index (χ0n) is 10.7. The van der Waals surface area contributed by atoms with Gasteiger partial charge in [0.15, 0.2) is 0 Å². The van der Waals surface area contributed by atoms with Crippen molar-refractivity contribution < 1.29 is 4.39 Å². The molecule has 2 heterocycles. The number of hydrogen-bond acceptors (Lipinski definition) is 4. The summed E-state index contributed by atoms with van der Waals surface area (Å²) < 4.78 is 12.9. The molecule has 0 aliphatic rings. The molecule has 0 aliphatic heterocycles. The molecule has 0 saturated heterocycles. The summed E-state index contributed by atoms with van der Waals surface area (Å²) in [5.41, 5.74) is 2.56. The zero-order chi connectivity index (χ0) is 13.8. The van der Waals surface area contributed by atoms with Gasteiger partial charge in [0, 0.05) is 6.54 Å². The van der Waals surface area contributed by atoms with Gasteiger partial charge in [-0.2, -0.15) is 5.26 Å². The van der Waals surface area contributed by atoms with E-state index in [9.17, 15) is 4.39 Å². The highest BCUT2D eigenvalue weighted by Gasteiger charge is 2.11. The molecular weight excluding hydrogens is 243 g/mol. The minimum Gasteiger partial charge on any atom is -0.369 e. The lowest BCUT2D eigenvalue weighted by molar-refractivity contribution is 0.622. The molecule has 0 aromatic carbocycles. The average Bonchev–Trinajstić information content (AvgIpc) is 2.41. The van der Waals surface area contributed by atoms with Crippen molar-refractivity contribution in [3.05, 3.63) is 41.3 Å². The topological polar surface area (TPSA) is 61.6 Å². The Morgan fingerprint density at radius 2 is 2.21 bits per heavy atom. The SMILES string of the molecule is CCNc1nc(-c2ccc(F)cn2)c(C)cc1C#N. The Kier molecular flexibility index (Phi) is 3.71. The van der Waals surface area contributed by atoms with Crippen LogP contribution in [0, 0.1) is 24.1 Å². The quantitative estimate of drug-likeness (QED) is 0.917. The van der Waals surface area contributed by atoms with E-state index in [2.05, 4.69) is 21.4 Å². The monoisotopic (exact) mass is 256 g/mol. The first-order chi connectivity index (χ1) is 9.15. The number of nitrogens with zero attached hydrogens (tertiary/aromatic N) is 3. The van der Waals surface area contributed by atoms with Crippen molar-refractivity contribution in [2.45, 2.75) is 13.8 Å². The first-order valence-electron chi connectivity index (χ1n) is 5.93. The van der Waals surface area contributed by atoms with E-state index in [0.717, 1.165) is 11.8 Å². The molecule has 0 radical (unpaired) electrons. The summed E-state index contributed by atoms with van der Waals surface area (Å²) in [7, 11) is 0. The van der Waals surface area contributed by atoms with Crippen LogP contribution in [0.2, 0.25) is 0 Å². The van der Waals surface area contributed by atoms with Crippen LogP contribution in [0.4, 0.5) is 10.2 Å². The van der Waals surface area contributed by atoms with Crippen LogP contribution in [0.15, 0.2) is 24.4 Å². The molecule has 2 aromatic rings. The molecule has 0 fully saturated rings. The molecule has 1 N–H and O–H groups in total. The molecule has 0 spiro atoms. The van der Waals surface area contributed by atoms with E-state index >= 15 is 0 Å². The summed E-state index contributed by atoms with van der Waals surface area (Å²) in [6, 6.07) is 6.78. The maximum Gasteiger partial charge on any atom is 0.144 e. The number of rotatable bonds is 3. The van der Waals surface area contributed by atoms with Crippen molar-refractivity contribution in [1.82, 2.24) is 9.97 Å². The van der Waals surface area contributed by atoms with Gasteiger partial charge < -0.3 is 5.32 Å². The van der Waals surface area contributed by atoms with Gasteiger partial charge in [0.1, 0.15) is 17.7 Å². The van der Waals surface area contributed by atoms with Crippen molar-refractivity contribution in [2.75, 3.05) is 11.9 Å². The number of nitrogens with one attached hydrogen (secondary N) is 1. The van der Waals surface area contributed by atoms with Gasteiger partial charge in [-0.15, -0.1) is 0 Å². The highest BCUT2D eigenvalue weighted by atomic mass is 19.1. The lowest BCUT2D eigenvalue weighted by Crippen LogP contribution is -2.04. The van der Waals surface area contributed by atoms with Crippen LogP contribution >= 0.6 is 0 Å². The largest absolute Gasteiger partial charge is 0.369 e. The molecule has 19 heavy (non-hydrogen) atoms. The van der Waals surface area contributed by atoms with Crippen LogP contribution in [0.25, 0.3) is 11.4 Å². The van der Waals surface area contributed by atoms with Gasteiger partial charge in [0.05, 0.1) is 23.1 Å². The summed E-state index contributed by atoms with van der Waals surface area (Å²) in [4.78, 5) is 8.43. The highest BCUT2D eigenvalue weighted by Crippen LogP contribution is 2.24. The van der Waals surface area contributed by atoms with Crippen molar-refractivity contribution in [3.8, 4) is 17.5 Å². The van der Waals surface area contributed by atoms with E-state index in [1.807, 2.05) is 13.8 Å². The second-order valence-corrected chi connectivity index (χ2v) is 4.05. The lowest BCUT2D eigenvalue weighted by atomic mass is 10.1. The van der Waals surface area contributed by atoms with Crippen molar-refractivity contribution in [2.24, 2.45) is 0 Å². The van der Waals surface area contributed by atoms with E-state index in [1.54, 1.807) is 12.1 Å². The minimum absolute atomic E-state index is 0.387. The molecule has 0 atom stereocenters. The Morgan fingerprint density at radius 1 is 1.42 bits per heavy atom. The second-order valence-electron chi connectivity index (χ2n) is 4.05. The Hall–Kier alpha value is -2.48. The first-order valence-corrected chi connectivity index (χ1v) is 5.93. The number of halogens is 1. The van der Waals surface area contributed by atoms with Gasteiger partial charge in [-0.25, -0.2) is 9.37 Å². The number of pyridine rings is 2. The molecular formula is C14H13FN4. The number of anilines is 1. The molecule has 0 aliphatic carbocycles. The molecule has 5 heteroatoms. The number of nitriles is 1. The van der Waals surface area contributed by atoms with E-state index in [1.165, 1.54) is 6.07 Å². The Morgan fingerprint density at radius 3 is 2.79 bits per heavy atom. The molecule has 2 aromatic heterocycles. The van der Waals surface area contributed by atoms with Crippen LogP contribution in [-0.2, 0) is 0 Å². The van der Waals surface area contributed by atoms with Crippen molar-refractivity contribution >= 4 is 5.82 Å². The number of hydrogen-bond donors (Lipinski definition) is 1. The maximum absolute atomic E-state index is 12.9. The summed E-state index contributed by atoms with van der Waals surface area (Å²) in [5, 5.41) is 12.1. The highest BCUT2D eigenvalue weighted by molar-refractivity contribution is 5.65. The third kappa shape index (κ3) is 2.68. The van der Waals surface area contributed by atoms with Crippen LogP contribution in [0.1, 0.15) is 18.1 Å². The molecule has 0 amide bonds. The van der Waals surface area contributed by atoms with Crippen LogP contribution < -0.4 is 5.32 Å². The lowest BCUT2D eigenvalue weighted by Gasteiger charge is -2.10. The van der Waals surface area contributed by atoms with E-state index in [4.69, 9.17) is 5.26 Å². The van der Waals surface area contributed by atoms with Gasteiger partial charge >= 0.3 is 0 Å². The van der Waals surface area contributed by atoms with E-state index in [-0.39, 0.29) is 5.82 Å². The van der Waals surface area contributed by atoms with Gasteiger partial charge in [0.25, 0.3) is 0 Å². The van der Waals surface area contributed by atoms with Crippen molar-refractivity contribution in [1.29, 1.82) is 5.26 Å². The molecule has 96 valence electrons.